The Kier molecular flexibility index (Phi) is 5.43. The minimum absolute atomic E-state index is 0.230. The lowest BCUT2D eigenvalue weighted by Crippen LogP contribution is -2.07. The zero-order chi connectivity index (χ0) is 21.6. The molecule has 0 bridgehead atoms. The van der Waals surface area contributed by atoms with Gasteiger partial charge in [-0.3, -0.25) is 0 Å². The molecule has 4 aromatic rings. The highest BCUT2D eigenvalue weighted by molar-refractivity contribution is 5.81. The van der Waals surface area contributed by atoms with Crippen molar-refractivity contribution in [1.82, 2.24) is 15.0 Å². The number of rotatable bonds is 7. The molecular weight excluding hydrogens is 406 g/mol. The largest absolute Gasteiger partial charge is 0.454 e. The first-order valence-electron chi connectivity index (χ1n) is 9.91. The van der Waals surface area contributed by atoms with E-state index in [1.54, 1.807) is 6.21 Å². The number of hydrogen-bond donors (Lipinski definition) is 3. The van der Waals surface area contributed by atoms with Crippen LogP contribution in [0.15, 0.2) is 84.0 Å². The number of ether oxygens (including phenoxy) is 2. The van der Waals surface area contributed by atoms with E-state index in [2.05, 4.69) is 36.1 Å². The number of hydrazone groups is 1. The Bertz CT molecular complexity index is 1170. The Morgan fingerprint density at radius 1 is 0.688 bits per heavy atom. The summed E-state index contributed by atoms with van der Waals surface area (Å²) in [6, 6.07) is 24.9. The van der Waals surface area contributed by atoms with Crippen molar-refractivity contribution in [3.63, 3.8) is 0 Å². The molecular formula is C23H19N7O2. The summed E-state index contributed by atoms with van der Waals surface area (Å²) < 4.78 is 10.7. The number of benzene rings is 3. The van der Waals surface area contributed by atoms with Gasteiger partial charge < -0.3 is 20.1 Å². The molecule has 1 aromatic heterocycles. The highest BCUT2D eigenvalue weighted by Gasteiger charge is 2.12. The molecule has 3 N–H and O–H groups in total. The summed E-state index contributed by atoms with van der Waals surface area (Å²) >= 11 is 0. The van der Waals surface area contributed by atoms with Gasteiger partial charge in [0.05, 0.1) is 6.21 Å². The van der Waals surface area contributed by atoms with Gasteiger partial charge in [0.15, 0.2) is 11.5 Å². The average molecular weight is 425 g/mol. The minimum atomic E-state index is 0.230. The fourth-order valence-corrected chi connectivity index (χ4v) is 3.00. The molecule has 0 fully saturated rings. The smallest absolute Gasteiger partial charge is 0.250 e. The van der Waals surface area contributed by atoms with Gasteiger partial charge in [0, 0.05) is 11.4 Å². The molecule has 32 heavy (non-hydrogen) atoms. The molecule has 2 heterocycles. The minimum Gasteiger partial charge on any atom is -0.454 e. The number of aromatic nitrogens is 3. The molecule has 0 saturated carbocycles. The molecule has 0 unspecified atom stereocenters. The molecule has 9 heteroatoms. The molecule has 0 aliphatic carbocycles. The highest BCUT2D eigenvalue weighted by atomic mass is 16.7. The molecule has 0 amide bonds. The predicted molar refractivity (Wildman–Crippen MR) is 123 cm³/mol. The van der Waals surface area contributed by atoms with Gasteiger partial charge in [-0.15, -0.1) is 0 Å². The van der Waals surface area contributed by atoms with Gasteiger partial charge in [-0.05, 0) is 48.0 Å². The topological polar surface area (TPSA) is 106 Å². The van der Waals surface area contributed by atoms with E-state index in [1.807, 2.05) is 78.9 Å². The van der Waals surface area contributed by atoms with Crippen LogP contribution in [0.5, 0.6) is 11.5 Å². The van der Waals surface area contributed by atoms with Crippen molar-refractivity contribution < 1.29 is 9.47 Å². The third-order valence-corrected chi connectivity index (χ3v) is 4.47. The van der Waals surface area contributed by atoms with Crippen LogP contribution in [0.25, 0.3) is 0 Å². The van der Waals surface area contributed by atoms with E-state index in [1.165, 1.54) is 0 Å². The first-order valence-corrected chi connectivity index (χ1v) is 9.91. The van der Waals surface area contributed by atoms with Crippen LogP contribution in [0.3, 0.4) is 0 Å². The molecule has 1 aliphatic rings. The van der Waals surface area contributed by atoms with Crippen LogP contribution >= 0.6 is 0 Å². The van der Waals surface area contributed by atoms with Gasteiger partial charge >= 0.3 is 0 Å². The summed E-state index contributed by atoms with van der Waals surface area (Å²) in [6.07, 6.45) is 1.65. The summed E-state index contributed by atoms with van der Waals surface area (Å²) in [5.74, 6) is 2.46. The van der Waals surface area contributed by atoms with Crippen LogP contribution in [0, 0.1) is 0 Å². The molecule has 5 rings (SSSR count). The number of fused-ring (bicyclic) bond motifs is 1. The van der Waals surface area contributed by atoms with Crippen LogP contribution in [0.1, 0.15) is 5.56 Å². The monoisotopic (exact) mass is 425 g/mol. The summed E-state index contributed by atoms with van der Waals surface area (Å²) in [5.41, 5.74) is 5.44. The number of nitrogens with one attached hydrogen (secondary N) is 3. The average Bonchev–Trinajstić information content (AvgIpc) is 3.28. The molecule has 9 nitrogen and oxygen atoms in total. The van der Waals surface area contributed by atoms with Crippen molar-refractivity contribution in [2.75, 3.05) is 22.9 Å². The van der Waals surface area contributed by atoms with Crippen molar-refractivity contribution in [3.8, 4) is 11.5 Å². The first kappa shape index (κ1) is 19.3. The fourth-order valence-electron chi connectivity index (χ4n) is 3.00. The van der Waals surface area contributed by atoms with Crippen LogP contribution in [0.2, 0.25) is 0 Å². The normalized spacial score (nSPS) is 12.0. The van der Waals surface area contributed by atoms with E-state index in [0.29, 0.717) is 17.6 Å². The van der Waals surface area contributed by atoms with Crippen molar-refractivity contribution in [2.45, 2.75) is 0 Å². The molecule has 158 valence electrons. The van der Waals surface area contributed by atoms with Crippen molar-refractivity contribution in [3.05, 3.63) is 84.4 Å². The third-order valence-electron chi connectivity index (χ3n) is 4.47. The first-order chi connectivity index (χ1) is 15.8. The second-order valence-electron chi connectivity index (χ2n) is 6.77. The summed E-state index contributed by atoms with van der Waals surface area (Å²) in [6.45, 7) is 0.230. The van der Waals surface area contributed by atoms with Gasteiger partial charge in [0.2, 0.25) is 24.6 Å². The van der Waals surface area contributed by atoms with Crippen LogP contribution < -0.4 is 25.5 Å². The van der Waals surface area contributed by atoms with Gasteiger partial charge in [0.25, 0.3) is 0 Å². The molecule has 0 spiro atoms. The molecule has 0 radical (unpaired) electrons. The third kappa shape index (κ3) is 4.73. The van der Waals surface area contributed by atoms with E-state index >= 15 is 0 Å². The second-order valence-corrected chi connectivity index (χ2v) is 6.77. The zero-order valence-electron chi connectivity index (χ0n) is 16.9. The Hall–Kier alpha value is -4.66. The lowest BCUT2D eigenvalue weighted by molar-refractivity contribution is 0.174. The van der Waals surface area contributed by atoms with E-state index in [0.717, 1.165) is 22.7 Å². The van der Waals surface area contributed by atoms with Gasteiger partial charge in [-0.25, -0.2) is 5.43 Å². The highest BCUT2D eigenvalue weighted by Crippen LogP contribution is 2.32. The second kappa shape index (κ2) is 9.00. The predicted octanol–water partition coefficient (Wildman–Crippen LogP) is 4.53. The Balaban J connectivity index is 1.37. The number of hydrogen-bond acceptors (Lipinski definition) is 9. The van der Waals surface area contributed by atoms with E-state index < -0.39 is 0 Å². The Morgan fingerprint density at radius 3 is 1.94 bits per heavy atom. The maximum absolute atomic E-state index is 5.39. The zero-order valence-corrected chi connectivity index (χ0v) is 16.9. The molecule has 0 saturated heterocycles. The van der Waals surface area contributed by atoms with Gasteiger partial charge in [-0.2, -0.15) is 20.1 Å². The number of anilines is 5. The van der Waals surface area contributed by atoms with Crippen LogP contribution in [-0.4, -0.2) is 28.0 Å². The number of para-hydroxylation sites is 2. The lowest BCUT2D eigenvalue weighted by atomic mass is 10.2. The maximum atomic E-state index is 5.39. The maximum Gasteiger partial charge on any atom is 0.250 e. The van der Waals surface area contributed by atoms with E-state index in [-0.39, 0.29) is 12.7 Å². The fraction of sp³-hybridized carbons (Fsp3) is 0.0435. The Labute approximate surface area is 184 Å². The number of nitrogens with zero attached hydrogens (tertiary/aromatic N) is 4. The van der Waals surface area contributed by atoms with Crippen molar-refractivity contribution in [2.24, 2.45) is 5.10 Å². The standard InChI is InChI=1S/C23H19N7O2/c1-3-7-17(8-4-1)25-21-27-22(26-18-9-5-2-6-10-18)29-23(28-21)30-24-14-16-11-12-19-20(13-16)32-15-31-19/h1-14H,15H2,(H3,25,26,27,28,29,30)/b24-14-. The summed E-state index contributed by atoms with van der Waals surface area (Å²) in [5, 5.41) is 10.6. The van der Waals surface area contributed by atoms with Gasteiger partial charge in [0.1, 0.15) is 0 Å². The summed E-state index contributed by atoms with van der Waals surface area (Å²) in [7, 11) is 0. The SMILES string of the molecule is C(=N/Nc1nc(Nc2ccccc2)nc(Nc2ccccc2)n1)/c1ccc2c(c1)OCO2. The van der Waals surface area contributed by atoms with Crippen molar-refractivity contribution >= 4 is 35.4 Å². The molecule has 3 aromatic carbocycles. The Morgan fingerprint density at radius 2 is 1.28 bits per heavy atom. The molecule has 0 atom stereocenters. The van der Waals surface area contributed by atoms with Crippen LogP contribution in [0.4, 0.5) is 29.2 Å². The lowest BCUT2D eigenvalue weighted by Gasteiger charge is -2.10. The summed E-state index contributed by atoms with van der Waals surface area (Å²) in [4.78, 5) is 13.3. The van der Waals surface area contributed by atoms with E-state index in [9.17, 15) is 0 Å². The molecule has 1 aliphatic heterocycles. The van der Waals surface area contributed by atoms with Gasteiger partial charge in [-0.1, -0.05) is 36.4 Å². The van der Waals surface area contributed by atoms with Crippen molar-refractivity contribution in [1.29, 1.82) is 0 Å². The quantitative estimate of drug-likeness (QED) is 0.293. The van der Waals surface area contributed by atoms with E-state index in [4.69, 9.17) is 9.47 Å². The van der Waals surface area contributed by atoms with Crippen LogP contribution in [-0.2, 0) is 0 Å².